The largest absolute Gasteiger partial charge is 0.370 e. The molecule has 0 aliphatic heterocycles. The Labute approximate surface area is 100 Å². The molecule has 1 aromatic rings. The molecule has 92 valence electrons. The molecule has 0 atom stereocenters. The molecule has 0 unspecified atom stereocenters. The van der Waals surface area contributed by atoms with Gasteiger partial charge >= 0.3 is 0 Å². The molecule has 1 heterocycles. The lowest BCUT2D eigenvalue weighted by molar-refractivity contribution is -0.384. The van der Waals surface area contributed by atoms with E-state index in [0.29, 0.717) is 5.82 Å². The van der Waals surface area contributed by atoms with Crippen molar-refractivity contribution in [3.63, 3.8) is 0 Å². The second-order valence-corrected chi connectivity index (χ2v) is 4.52. The van der Waals surface area contributed by atoms with Gasteiger partial charge in [-0.05, 0) is 12.3 Å². The number of rotatable bonds is 5. The molecule has 0 saturated heterocycles. The van der Waals surface area contributed by atoms with Crippen LogP contribution in [0.15, 0.2) is 18.3 Å². The van der Waals surface area contributed by atoms with Gasteiger partial charge in [0.05, 0.1) is 11.0 Å². The van der Waals surface area contributed by atoms with E-state index < -0.39 is 4.92 Å². The highest BCUT2D eigenvalue weighted by molar-refractivity contribution is 5.44. The van der Waals surface area contributed by atoms with Crippen LogP contribution in [0.3, 0.4) is 0 Å². The fourth-order valence-electron chi connectivity index (χ4n) is 2.33. The Morgan fingerprint density at radius 1 is 1.47 bits per heavy atom. The average molecular weight is 235 g/mol. The number of aromatic nitrogens is 1. The van der Waals surface area contributed by atoms with Gasteiger partial charge in [-0.2, -0.15) is 0 Å². The first-order chi connectivity index (χ1) is 8.25. The zero-order chi connectivity index (χ0) is 12.1. The van der Waals surface area contributed by atoms with Crippen LogP contribution < -0.4 is 5.32 Å². The van der Waals surface area contributed by atoms with Gasteiger partial charge in [0.25, 0.3) is 5.69 Å². The minimum atomic E-state index is -0.399. The summed E-state index contributed by atoms with van der Waals surface area (Å²) >= 11 is 0. The maximum atomic E-state index is 10.6. The third-order valence-electron chi connectivity index (χ3n) is 3.29. The van der Waals surface area contributed by atoms with Crippen molar-refractivity contribution in [3.8, 4) is 0 Å². The third kappa shape index (κ3) is 3.41. The minimum absolute atomic E-state index is 0.0865. The van der Waals surface area contributed by atoms with Crippen molar-refractivity contribution in [2.24, 2.45) is 5.92 Å². The van der Waals surface area contributed by atoms with E-state index in [2.05, 4.69) is 10.3 Å². The monoisotopic (exact) mass is 235 g/mol. The number of nitro groups is 1. The van der Waals surface area contributed by atoms with Crippen LogP contribution in [-0.4, -0.2) is 16.5 Å². The van der Waals surface area contributed by atoms with Crippen LogP contribution in [0.4, 0.5) is 11.5 Å². The first-order valence-corrected chi connectivity index (χ1v) is 6.10. The molecule has 0 aromatic carbocycles. The number of pyridine rings is 1. The van der Waals surface area contributed by atoms with Crippen molar-refractivity contribution >= 4 is 11.5 Å². The highest BCUT2D eigenvalue weighted by atomic mass is 16.6. The summed E-state index contributed by atoms with van der Waals surface area (Å²) in [6.45, 7) is 0.846. The maximum absolute atomic E-state index is 10.6. The van der Waals surface area contributed by atoms with E-state index in [1.807, 2.05) is 0 Å². The SMILES string of the molecule is O=[N+]([O-])c1ccnc(NCCC2CCCC2)c1. The van der Waals surface area contributed by atoms with Crippen LogP contribution in [0, 0.1) is 16.0 Å². The second-order valence-electron chi connectivity index (χ2n) is 4.52. The van der Waals surface area contributed by atoms with E-state index in [1.54, 1.807) is 0 Å². The molecule has 17 heavy (non-hydrogen) atoms. The standard InChI is InChI=1S/C12H17N3O2/c16-15(17)11-6-8-14-12(9-11)13-7-5-10-3-1-2-4-10/h6,8-10H,1-5,7H2,(H,13,14). The molecular weight excluding hydrogens is 218 g/mol. The Morgan fingerprint density at radius 2 is 2.24 bits per heavy atom. The number of nitrogens with zero attached hydrogens (tertiary/aromatic N) is 2. The van der Waals surface area contributed by atoms with Crippen molar-refractivity contribution < 1.29 is 4.92 Å². The highest BCUT2D eigenvalue weighted by Gasteiger charge is 2.14. The second kappa shape index (κ2) is 5.61. The molecule has 5 nitrogen and oxygen atoms in total. The van der Waals surface area contributed by atoms with Crippen molar-refractivity contribution in [2.75, 3.05) is 11.9 Å². The summed E-state index contributed by atoms with van der Waals surface area (Å²) in [7, 11) is 0. The van der Waals surface area contributed by atoms with E-state index in [-0.39, 0.29) is 5.69 Å². The summed E-state index contributed by atoms with van der Waals surface area (Å²) in [5.74, 6) is 1.42. The Kier molecular flexibility index (Phi) is 3.90. The van der Waals surface area contributed by atoms with Crippen molar-refractivity contribution in [3.05, 3.63) is 28.4 Å². The lowest BCUT2D eigenvalue weighted by Gasteiger charge is -2.09. The molecule has 1 fully saturated rings. The Balaban J connectivity index is 1.81. The molecule has 1 aromatic heterocycles. The van der Waals surface area contributed by atoms with Crippen LogP contribution in [-0.2, 0) is 0 Å². The van der Waals surface area contributed by atoms with E-state index in [4.69, 9.17) is 0 Å². The zero-order valence-corrected chi connectivity index (χ0v) is 9.76. The van der Waals surface area contributed by atoms with Crippen molar-refractivity contribution in [1.29, 1.82) is 0 Å². The molecule has 0 radical (unpaired) electrons. The highest BCUT2D eigenvalue weighted by Crippen LogP contribution is 2.27. The molecule has 1 aliphatic rings. The molecule has 0 spiro atoms. The first kappa shape index (κ1) is 11.8. The first-order valence-electron chi connectivity index (χ1n) is 6.10. The maximum Gasteiger partial charge on any atom is 0.274 e. The van der Waals surface area contributed by atoms with Gasteiger partial charge in [-0.3, -0.25) is 10.1 Å². The van der Waals surface area contributed by atoms with Crippen LogP contribution in [0.25, 0.3) is 0 Å². The molecule has 2 rings (SSSR count). The lowest BCUT2D eigenvalue weighted by Crippen LogP contribution is -2.07. The van der Waals surface area contributed by atoms with Gasteiger partial charge in [0.15, 0.2) is 0 Å². The number of anilines is 1. The predicted octanol–water partition coefficient (Wildman–Crippen LogP) is 2.98. The fraction of sp³-hybridized carbons (Fsp3) is 0.583. The average Bonchev–Trinajstić information content (AvgIpc) is 2.82. The van der Waals surface area contributed by atoms with Gasteiger partial charge in [-0.15, -0.1) is 0 Å². The van der Waals surface area contributed by atoms with E-state index in [1.165, 1.54) is 44.0 Å². The summed E-state index contributed by atoms with van der Waals surface area (Å²) in [5.41, 5.74) is 0.0865. The van der Waals surface area contributed by atoms with Gasteiger partial charge < -0.3 is 5.32 Å². The van der Waals surface area contributed by atoms with E-state index in [9.17, 15) is 10.1 Å². The van der Waals surface area contributed by atoms with Gasteiger partial charge in [0, 0.05) is 18.8 Å². The smallest absolute Gasteiger partial charge is 0.274 e. The molecule has 5 heteroatoms. The number of hydrogen-bond donors (Lipinski definition) is 1. The summed E-state index contributed by atoms with van der Waals surface area (Å²) in [6.07, 6.45) is 7.94. The van der Waals surface area contributed by atoms with Gasteiger partial charge in [-0.1, -0.05) is 25.7 Å². The van der Waals surface area contributed by atoms with Gasteiger partial charge in [0.2, 0.25) is 0 Å². The molecular formula is C12H17N3O2. The van der Waals surface area contributed by atoms with E-state index >= 15 is 0 Å². The normalized spacial score (nSPS) is 16.0. The van der Waals surface area contributed by atoms with Gasteiger partial charge in [0.1, 0.15) is 5.82 Å². The zero-order valence-electron chi connectivity index (χ0n) is 9.76. The Bertz CT molecular complexity index is 389. The van der Waals surface area contributed by atoms with E-state index in [0.717, 1.165) is 18.9 Å². The van der Waals surface area contributed by atoms with Crippen molar-refractivity contribution in [2.45, 2.75) is 32.1 Å². The van der Waals surface area contributed by atoms with Crippen LogP contribution >= 0.6 is 0 Å². The Hall–Kier alpha value is -1.65. The van der Waals surface area contributed by atoms with Crippen molar-refractivity contribution in [1.82, 2.24) is 4.98 Å². The summed E-state index contributed by atoms with van der Waals surface area (Å²) in [6, 6.07) is 2.89. The summed E-state index contributed by atoms with van der Waals surface area (Å²) < 4.78 is 0. The lowest BCUT2D eigenvalue weighted by atomic mass is 10.0. The molecule has 1 N–H and O–H groups in total. The molecule has 0 bridgehead atoms. The minimum Gasteiger partial charge on any atom is -0.370 e. The van der Waals surface area contributed by atoms with Gasteiger partial charge in [-0.25, -0.2) is 4.98 Å². The van der Waals surface area contributed by atoms with Crippen LogP contribution in [0.2, 0.25) is 0 Å². The molecule has 0 amide bonds. The summed E-state index contributed by atoms with van der Waals surface area (Å²) in [4.78, 5) is 14.3. The number of hydrogen-bond acceptors (Lipinski definition) is 4. The summed E-state index contributed by atoms with van der Waals surface area (Å²) in [5, 5.41) is 13.7. The van der Waals surface area contributed by atoms with Crippen LogP contribution in [0.1, 0.15) is 32.1 Å². The quantitative estimate of drug-likeness (QED) is 0.629. The topological polar surface area (TPSA) is 68.1 Å². The fourth-order valence-corrected chi connectivity index (χ4v) is 2.33. The van der Waals surface area contributed by atoms with Crippen LogP contribution in [0.5, 0.6) is 0 Å². The Morgan fingerprint density at radius 3 is 2.94 bits per heavy atom. The molecule has 1 saturated carbocycles. The number of nitrogens with one attached hydrogen (secondary N) is 1. The third-order valence-corrected chi connectivity index (χ3v) is 3.29. The molecule has 1 aliphatic carbocycles. The predicted molar refractivity (Wildman–Crippen MR) is 66.0 cm³/mol.